The lowest BCUT2D eigenvalue weighted by Crippen LogP contribution is -2.01. The summed E-state index contributed by atoms with van der Waals surface area (Å²) in [5, 5.41) is 0. The van der Waals surface area contributed by atoms with Gasteiger partial charge in [0, 0.05) is 4.47 Å². The van der Waals surface area contributed by atoms with E-state index in [1.54, 1.807) is 6.08 Å². The van der Waals surface area contributed by atoms with E-state index in [1.165, 1.54) is 12.0 Å². The van der Waals surface area contributed by atoms with Crippen LogP contribution in [0.3, 0.4) is 0 Å². The third-order valence-corrected chi connectivity index (χ3v) is 3.38. The van der Waals surface area contributed by atoms with Crippen LogP contribution in [0.4, 0.5) is 0 Å². The minimum absolute atomic E-state index is 0.739. The zero-order valence-corrected chi connectivity index (χ0v) is 11.9. The standard InChI is InChI=1S/C10H12BrN.C5H8/c11-9-3-1-7(2-4-9)10-5-8(10)6-12;1-3-5-4-2/h1-4,8,10H,5-6,12H2;3-5H,1H2,2H3/b;5-4-. The molecule has 1 fully saturated rings. The van der Waals surface area contributed by atoms with Crippen LogP contribution in [0, 0.1) is 5.92 Å². The molecule has 0 aromatic heterocycles. The van der Waals surface area contributed by atoms with Gasteiger partial charge in [-0.05, 0) is 49.4 Å². The smallest absolute Gasteiger partial charge is 0.0175 e. The minimum atomic E-state index is 0.739. The van der Waals surface area contributed by atoms with Crippen LogP contribution in [0.25, 0.3) is 0 Å². The molecular weight excluding hydrogens is 274 g/mol. The molecule has 1 aliphatic rings. The van der Waals surface area contributed by atoms with E-state index in [2.05, 4.69) is 46.8 Å². The van der Waals surface area contributed by atoms with Gasteiger partial charge in [-0.3, -0.25) is 0 Å². The van der Waals surface area contributed by atoms with Crippen molar-refractivity contribution in [3.05, 3.63) is 59.1 Å². The van der Waals surface area contributed by atoms with E-state index in [4.69, 9.17) is 5.73 Å². The molecule has 92 valence electrons. The minimum Gasteiger partial charge on any atom is -0.330 e. The first-order valence-electron chi connectivity index (χ1n) is 5.92. The lowest BCUT2D eigenvalue weighted by Gasteiger charge is -1.98. The largest absolute Gasteiger partial charge is 0.330 e. The lowest BCUT2D eigenvalue weighted by atomic mass is 10.1. The summed E-state index contributed by atoms with van der Waals surface area (Å²) >= 11 is 3.42. The third-order valence-electron chi connectivity index (χ3n) is 2.85. The van der Waals surface area contributed by atoms with Crippen molar-refractivity contribution in [1.29, 1.82) is 0 Å². The first kappa shape index (κ1) is 14.2. The molecule has 2 rings (SSSR count). The van der Waals surface area contributed by atoms with Crippen molar-refractivity contribution in [1.82, 2.24) is 0 Å². The van der Waals surface area contributed by atoms with Crippen LogP contribution in [-0.4, -0.2) is 6.54 Å². The second-order valence-corrected chi connectivity index (χ2v) is 5.07. The average molecular weight is 294 g/mol. The van der Waals surface area contributed by atoms with Crippen molar-refractivity contribution in [3.8, 4) is 0 Å². The summed E-state index contributed by atoms with van der Waals surface area (Å²) in [4.78, 5) is 0. The molecule has 17 heavy (non-hydrogen) atoms. The maximum atomic E-state index is 5.58. The molecule has 1 nitrogen and oxygen atoms in total. The zero-order chi connectivity index (χ0) is 12.7. The molecule has 0 heterocycles. The van der Waals surface area contributed by atoms with Crippen LogP contribution in [0.5, 0.6) is 0 Å². The Labute approximate surface area is 113 Å². The van der Waals surface area contributed by atoms with Crippen molar-refractivity contribution >= 4 is 15.9 Å². The maximum Gasteiger partial charge on any atom is 0.0175 e. The normalized spacial score (nSPS) is 21.8. The predicted octanol–water partition coefficient (Wildman–Crippen LogP) is 4.26. The fraction of sp³-hybridized carbons (Fsp3) is 0.333. The molecule has 0 bridgehead atoms. The number of hydrogen-bond acceptors (Lipinski definition) is 1. The van der Waals surface area contributed by atoms with Crippen molar-refractivity contribution in [2.75, 3.05) is 6.54 Å². The van der Waals surface area contributed by atoms with Gasteiger partial charge in [0.25, 0.3) is 0 Å². The highest BCUT2D eigenvalue weighted by molar-refractivity contribution is 9.10. The van der Waals surface area contributed by atoms with Gasteiger partial charge in [0.2, 0.25) is 0 Å². The number of nitrogens with two attached hydrogens (primary N) is 1. The molecule has 2 atom stereocenters. The molecule has 0 amide bonds. The second-order valence-electron chi connectivity index (χ2n) is 4.15. The van der Waals surface area contributed by atoms with Crippen molar-refractivity contribution in [2.24, 2.45) is 11.7 Å². The Hall–Kier alpha value is -0.860. The van der Waals surface area contributed by atoms with E-state index >= 15 is 0 Å². The van der Waals surface area contributed by atoms with Crippen molar-refractivity contribution in [3.63, 3.8) is 0 Å². The van der Waals surface area contributed by atoms with E-state index in [1.807, 2.05) is 19.1 Å². The van der Waals surface area contributed by atoms with Gasteiger partial charge in [-0.2, -0.15) is 0 Å². The summed E-state index contributed by atoms with van der Waals surface area (Å²) in [6.45, 7) is 6.26. The molecule has 0 aliphatic heterocycles. The number of benzene rings is 1. The number of halogens is 1. The molecule has 0 spiro atoms. The Kier molecular flexibility index (Phi) is 6.23. The molecule has 1 aromatic carbocycles. The SMILES string of the molecule is C=C/C=C\C.NCC1CC1c1ccc(Br)cc1. The Morgan fingerprint density at radius 1 is 1.41 bits per heavy atom. The summed E-state index contributed by atoms with van der Waals surface area (Å²) in [5.74, 6) is 1.48. The molecule has 0 saturated heterocycles. The summed E-state index contributed by atoms with van der Waals surface area (Å²) in [6, 6.07) is 8.57. The summed E-state index contributed by atoms with van der Waals surface area (Å²) in [5.41, 5.74) is 7.02. The molecule has 2 unspecified atom stereocenters. The van der Waals surface area contributed by atoms with Gasteiger partial charge < -0.3 is 5.73 Å². The van der Waals surface area contributed by atoms with E-state index < -0.39 is 0 Å². The molecular formula is C15H20BrN. The second kappa shape index (κ2) is 7.46. The summed E-state index contributed by atoms with van der Waals surface area (Å²) in [7, 11) is 0. The molecule has 1 saturated carbocycles. The van der Waals surface area contributed by atoms with E-state index in [0.29, 0.717) is 0 Å². The monoisotopic (exact) mass is 293 g/mol. The molecule has 1 aliphatic carbocycles. The quantitative estimate of drug-likeness (QED) is 0.828. The first-order chi connectivity index (χ1) is 8.22. The van der Waals surface area contributed by atoms with Crippen LogP contribution in [0.2, 0.25) is 0 Å². The molecule has 0 radical (unpaired) electrons. The Balaban J connectivity index is 0.000000249. The third kappa shape index (κ3) is 4.88. The zero-order valence-electron chi connectivity index (χ0n) is 10.3. The maximum absolute atomic E-state index is 5.58. The van der Waals surface area contributed by atoms with Crippen LogP contribution < -0.4 is 5.73 Å². The highest BCUT2D eigenvalue weighted by atomic mass is 79.9. The van der Waals surface area contributed by atoms with Crippen LogP contribution in [-0.2, 0) is 0 Å². The number of allylic oxidation sites excluding steroid dienone is 3. The topological polar surface area (TPSA) is 26.0 Å². The van der Waals surface area contributed by atoms with Gasteiger partial charge in [-0.1, -0.05) is 52.9 Å². The Morgan fingerprint density at radius 2 is 2.06 bits per heavy atom. The number of rotatable bonds is 3. The van der Waals surface area contributed by atoms with Gasteiger partial charge in [0.15, 0.2) is 0 Å². The van der Waals surface area contributed by atoms with Crippen LogP contribution >= 0.6 is 15.9 Å². The van der Waals surface area contributed by atoms with Crippen molar-refractivity contribution < 1.29 is 0 Å². The Morgan fingerprint density at radius 3 is 2.41 bits per heavy atom. The first-order valence-corrected chi connectivity index (χ1v) is 6.71. The van der Waals surface area contributed by atoms with Crippen molar-refractivity contribution in [2.45, 2.75) is 19.3 Å². The molecule has 1 aromatic rings. The average Bonchev–Trinajstić information content (AvgIpc) is 3.11. The van der Waals surface area contributed by atoms with E-state index in [0.717, 1.165) is 22.9 Å². The summed E-state index contributed by atoms with van der Waals surface area (Å²) < 4.78 is 1.15. The Bertz CT molecular complexity index is 367. The predicted molar refractivity (Wildman–Crippen MR) is 79.1 cm³/mol. The summed E-state index contributed by atoms with van der Waals surface area (Å²) in [6.07, 6.45) is 6.85. The van der Waals surface area contributed by atoms with Gasteiger partial charge in [0.05, 0.1) is 0 Å². The fourth-order valence-electron chi connectivity index (χ4n) is 1.76. The van der Waals surface area contributed by atoms with E-state index in [9.17, 15) is 0 Å². The van der Waals surface area contributed by atoms with Crippen LogP contribution in [0.15, 0.2) is 53.5 Å². The lowest BCUT2D eigenvalue weighted by molar-refractivity contribution is 0.809. The van der Waals surface area contributed by atoms with Gasteiger partial charge in [0.1, 0.15) is 0 Å². The van der Waals surface area contributed by atoms with Crippen LogP contribution in [0.1, 0.15) is 24.8 Å². The van der Waals surface area contributed by atoms with Gasteiger partial charge >= 0.3 is 0 Å². The van der Waals surface area contributed by atoms with E-state index in [-0.39, 0.29) is 0 Å². The van der Waals surface area contributed by atoms with Gasteiger partial charge in [-0.25, -0.2) is 0 Å². The van der Waals surface area contributed by atoms with Gasteiger partial charge in [-0.15, -0.1) is 0 Å². The molecule has 2 N–H and O–H groups in total. The highest BCUT2D eigenvalue weighted by Crippen LogP contribution is 2.46. The fourth-order valence-corrected chi connectivity index (χ4v) is 2.03. The molecule has 2 heteroatoms. The number of hydrogen-bond donors (Lipinski definition) is 1. The highest BCUT2D eigenvalue weighted by Gasteiger charge is 2.36.